The average Bonchev–Trinajstić information content (AvgIpc) is 3.29. The Morgan fingerprint density at radius 3 is 1.55 bits per heavy atom. The molecule has 9 nitrogen and oxygen atoms in total. The van der Waals surface area contributed by atoms with E-state index < -0.39 is 11.9 Å². The monoisotopic (exact) mass is 545 g/mol. The van der Waals surface area contributed by atoms with E-state index in [2.05, 4.69) is 0 Å². The van der Waals surface area contributed by atoms with Crippen molar-refractivity contribution in [3.8, 4) is 45.5 Å². The Bertz CT molecular complexity index is 1430. The second-order valence-electron chi connectivity index (χ2n) is 8.73. The molecule has 0 atom stereocenters. The summed E-state index contributed by atoms with van der Waals surface area (Å²) in [6.07, 6.45) is 0. The summed E-state index contributed by atoms with van der Waals surface area (Å²) in [5.74, 6) is -1.23. The maximum Gasteiger partial charge on any atom is 0.341 e. The van der Waals surface area contributed by atoms with Gasteiger partial charge in [-0.2, -0.15) is 0 Å². The maximum absolute atomic E-state index is 13.6. The third-order valence-corrected chi connectivity index (χ3v) is 6.31. The highest BCUT2D eigenvalue weighted by molar-refractivity contribution is 6.12. The zero-order valence-electron chi connectivity index (χ0n) is 22.8. The number of carbonyl (C=O) groups is 2. The van der Waals surface area contributed by atoms with Crippen molar-refractivity contribution in [3.05, 3.63) is 83.4 Å². The number of aromatic nitrogens is 1. The fourth-order valence-corrected chi connectivity index (χ4v) is 4.60. The lowest BCUT2D eigenvalue weighted by molar-refractivity contribution is 0.0481. The van der Waals surface area contributed by atoms with Crippen LogP contribution in [0.2, 0.25) is 0 Å². The molecular formula is C31H31NO8. The number of phenols is 2. The summed E-state index contributed by atoms with van der Waals surface area (Å²) in [6.45, 7) is 3.76. The first-order chi connectivity index (χ1) is 19.3. The molecule has 4 aromatic rings. The molecule has 0 amide bonds. The highest BCUT2D eigenvalue weighted by Gasteiger charge is 2.35. The van der Waals surface area contributed by atoms with E-state index in [1.807, 2.05) is 34.9 Å². The van der Waals surface area contributed by atoms with Crippen LogP contribution >= 0.6 is 0 Å². The van der Waals surface area contributed by atoms with Crippen molar-refractivity contribution in [3.63, 3.8) is 0 Å². The number of nitrogens with zero attached hydrogens (tertiary/aromatic N) is 1. The average molecular weight is 546 g/mol. The van der Waals surface area contributed by atoms with Crippen molar-refractivity contribution in [1.29, 1.82) is 0 Å². The largest absolute Gasteiger partial charge is 0.504 e. The number of rotatable bonds is 10. The zero-order valence-corrected chi connectivity index (χ0v) is 22.8. The van der Waals surface area contributed by atoms with Crippen LogP contribution in [0.25, 0.3) is 22.5 Å². The fourth-order valence-electron chi connectivity index (χ4n) is 4.60. The zero-order chi connectivity index (χ0) is 28.8. The molecule has 1 aromatic heterocycles. The van der Waals surface area contributed by atoms with Gasteiger partial charge in [-0.25, -0.2) is 9.59 Å². The molecule has 0 bridgehead atoms. The van der Waals surface area contributed by atoms with Crippen LogP contribution in [0.1, 0.15) is 40.1 Å². The van der Waals surface area contributed by atoms with Gasteiger partial charge in [0.2, 0.25) is 0 Å². The van der Waals surface area contributed by atoms with Crippen LogP contribution in [0.4, 0.5) is 0 Å². The van der Waals surface area contributed by atoms with Gasteiger partial charge >= 0.3 is 11.9 Å². The highest BCUT2D eigenvalue weighted by atomic mass is 16.5. The number of methoxy groups -OCH3 is 2. The lowest BCUT2D eigenvalue weighted by atomic mass is 10.0. The first-order valence-electron chi connectivity index (χ1n) is 12.7. The third-order valence-electron chi connectivity index (χ3n) is 6.31. The predicted octanol–water partition coefficient (Wildman–Crippen LogP) is 5.65. The van der Waals surface area contributed by atoms with Crippen LogP contribution in [0.15, 0.2) is 66.7 Å². The van der Waals surface area contributed by atoms with Gasteiger partial charge in [-0.1, -0.05) is 30.3 Å². The van der Waals surface area contributed by atoms with E-state index in [-0.39, 0.29) is 53.9 Å². The molecule has 4 rings (SSSR count). The topological polar surface area (TPSA) is 116 Å². The maximum atomic E-state index is 13.6. The molecule has 0 saturated heterocycles. The Hall–Kier alpha value is -4.92. The van der Waals surface area contributed by atoms with E-state index in [4.69, 9.17) is 18.9 Å². The quantitative estimate of drug-likeness (QED) is 0.246. The number of phenolic OH excluding ortho intramolecular Hbond substituents is 2. The first-order valence-corrected chi connectivity index (χ1v) is 12.7. The molecule has 0 fully saturated rings. The van der Waals surface area contributed by atoms with Gasteiger partial charge in [-0.15, -0.1) is 0 Å². The van der Waals surface area contributed by atoms with Crippen molar-refractivity contribution in [2.45, 2.75) is 20.4 Å². The molecule has 3 aromatic carbocycles. The summed E-state index contributed by atoms with van der Waals surface area (Å²) in [5.41, 5.74) is 2.63. The molecule has 0 aliphatic heterocycles. The Kier molecular flexibility index (Phi) is 8.63. The molecule has 0 unspecified atom stereocenters. The van der Waals surface area contributed by atoms with Crippen LogP contribution in [-0.2, 0) is 16.0 Å². The number of aromatic hydroxyl groups is 2. The van der Waals surface area contributed by atoms with Gasteiger partial charge in [-0.3, -0.25) is 0 Å². The van der Waals surface area contributed by atoms with Crippen molar-refractivity contribution >= 4 is 11.9 Å². The SMILES string of the molecule is CCOC(=O)c1c(C(=O)OCC)c(-c2ccc(O)c(OC)c2)n(Cc2ccccc2)c1-c1ccc(O)c(OC)c1. The van der Waals surface area contributed by atoms with Gasteiger partial charge in [-0.05, 0) is 55.8 Å². The second-order valence-corrected chi connectivity index (χ2v) is 8.73. The van der Waals surface area contributed by atoms with Crippen LogP contribution in [0.3, 0.4) is 0 Å². The minimum absolute atomic E-state index is 0.00557. The number of ether oxygens (including phenoxy) is 4. The van der Waals surface area contributed by atoms with Gasteiger partial charge in [0.05, 0.1) is 38.8 Å². The summed E-state index contributed by atoms with van der Waals surface area (Å²) in [5, 5.41) is 20.6. The number of esters is 2. The summed E-state index contributed by atoms with van der Waals surface area (Å²) < 4.78 is 23.4. The lowest BCUT2D eigenvalue weighted by Crippen LogP contribution is -2.13. The summed E-state index contributed by atoms with van der Waals surface area (Å²) in [4.78, 5) is 27.3. The van der Waals surface area contributed by atoms with Crippen LogP contribution < -0.4 is 9.47 Å². The van der Waals surface area contributed by atoms with Crippen molar-refractivity contribution in [2.75, 3.05) is 27.4 Å². The van der Waals surface area contributed by atoms with Gasteiger partial charge in [0.1, 0.15) is 11.1 Å². The molecule has 0 aliphatic carbocycles. The molecule has 9 heteroatoms. The van der Waals surface area contributed by atoms with Gasteiger partial charge in [0.25, 0.3) is 0 Å². The van der Waals surface area contributed by atoms with Crippen LogP contribution in [0, 0.1) is 0 Å². The lowest BCUT2D eigenvalue weighted by Gasteiger charge is -2.17. The number of carbonyl (C=O) groups excluding carboxylic acids is 2. The standard InChI is InChI=1S/C31H31NO8/c1-5-39-30(35)26-27(31(36)40-6-2)29(21-13-15-23(34)25(17-21)38-4)32(18-19-10-8-7-9-11-19)28(26)20-12-14-22(33)24(16-20)37-3/h7-17,33-34H,5-6,18H2,1-4H3. The Balaban J connectivity index is 2.19. The molecule has 0 aliphatic rings. The minimum atomic E-state index is -0.716. The molecule has 2 N–H and O–H groups in total. The predicted molar refractivity (Wildman–Crippen MR) is 149 cm³/mol. The Labute approximate surface area is 232 Å². The molecule has 0 spiro atoms. The second kappa shape index (κ2) is 12.3. The van der Waals surface area contributed by atoms with E-state index in [0.717, 1.165) is 5.56 Å². The minimum Gasteiger partial charge on any atom is -0.504 e. The van der Waals surface area contributed by atoms with Crippen LogP contribution in [0.5, 0.6) is 23.0 Å². The fraction of sp³-hybridized carbons (Fsp3) is 0.226. The van der Waals surface area contributed by atoms with E-state index in [9.17, 15) is 19.8 Å². The third kappa shape index (κ3) is 5.44. The molecule has 208 valence electrons. The molecular weight excluding hydrogens is 514 g/mol. The van der Waals surface area contributed by atoms with E-state index in [1.54, 1.807) is 38.1 Å². The smallest absolute Gasteiger partial charge is 0.341 e. The van der Waals surface area contributed by atoms with Gasteiger partial charge in [0.15, 0.2) is 23.0 Å². The summed E-state index contributed by atoms with van der Waals surface area (Å²) >= 11 is 0. The summed E-state index contributed by atoms with van der Waals surface area (Å²) in [7, 11) is 2.85. The highest BCUT2D eigenvalue weighted by Crippen LogP contribution is 2.43. The van der Waals surface area contributed by atoms with Gasteiger partial charge < -0.3 is 33.7 Å². The van der Waals surface area contributed by atoms with Crippen molar-refractivity contribution in [1.82, 2.24) is 4.57 Å². The van der Waals surface area contributed by atoms with E-state index >= 15 is 0 Å². The van der Waals surface area contributed by atoms with E-state index in [1.165, 1.54) is 26.4 Å². The van der Waals surface area contributed by atoms with Gasteiger partial charge in [0, 0.05) is 17.7 Å². The Morgan fingerprint density at radius 1 is 0.700 bits per heavy atom. The van der Waals surface area contributed by atoms with Crippen LogP contribution in [-0.4, -0.2) is 54.2 Å². The number of hydrogen-bond acceptors (Lipinski definition) is 8. The molecule has 0 saturated carbocycles. The van der Waals surface area contributed by atoms with Crippen molar-refractivity contribution < 1.29 is 38.7 Å². The summed E-state index contributed by atoms with van der Waals surface area (Å²) in [6, 6.07) is 18.9. The van der Waals surface area contributed by atoms with Crippen molar-refractivity contribution in [2.24, 2.45) is 0 Å². The number of benzene rings is 3. The first kappa shape index (κ1) is 28.1. The Morgan fingerprint density at radius 2 is 1.15 bits per heavy atom. The number of hydrogen-bond donors (Lipinski definition) is 2. The normalized spacial score (nSPS) is 10.7. The van der Waals surface area contributed by atoms with E-state index in [0.29, 0.717) is 22.5 Å². The molecule has 40 heavy (non-hydrogen) atoms. The molecule has 0 radical (unpaired) electrons. The molecule has 1 heterocycles.